The number of hydrogen-bond acceptors (Lipinski definition) is 3. The van der Waals surface area contributed by atoms with Crippen LogP contribution in [0.25, 0.3) is 0 Å². The highest BCUT2D eigenvalue weighted by Crippen LogP contribution is 2.23. The van der Waals surface area contributed by atoms with Crippen LogP contribution in [0, 0.1) is 6.92 Å². The molecule has 1 saturated heterocycles. The topological polar surface area (TPSA) is 37.0 Å². The van der Waals surface area contributed by atoms with Crippen molar-refractivity contribution in [1.29, 1.82) is 0 Å². The minimum Gasteiger partial charge on any atom is -0.377 e. The molecule has 0 spiro atoms. The second kappa shape index (κ2) is 3.52. The van der Waals surface area contributed by atoms with Crippen LogP contribution in [0.15, 0.2) is 12.3 Å². The van der Waals surface area contributed by atoms with Gasteiger partial charge in [-0.15, -0.1) is 0 Å². The zero-order valence-electron chi connectivity index (χ0n) is 7.47. The van der Waals surface area contributed by atoms with Crippen molar-refractivity contribution in [3.8, 4) is 0 Å². The molecule has 1 aromatic heterocycles. The summed E-state index contributed by atoms with van der Waals surface area (Å²) in [6.07, 6.45) is 1.72. The second-order valence-corrected chi connectivity index (χ2v) is 3.65. The number of nitrogens with one attached hydrogen (secondary N) is 2. The van der Waals surface area contributed by atoms with Gasteiger partial charge in [0.05, 0.1) is 11.7 Å². The fraction of sp³-hybridized carbons (Fsp3) is 0.444. The molecule has 2 heterocycles. The standard InChI is InChI=1S/C9H12ClN3/c1-6-2-3-12-9(10)8(6)13-7-4-11-5-7/h2-3,7,11,13H,4-5H2,1H3. The van der Waals surface area contributed by atoms with E-state index in [0.29, 0.717) is 11.2 Å². The molecular weight excluding hydrogens is 186 g/mol. The van der Waals surface area contributed by atoms with E-state index in [2.05, 4.69) is 15.6 Å². The van der Waals surface area contributed by atoms with E-state index >= 15 is 0 Å². The van der Waals surface area contributed by atoms with Crippen LogP contribution >= 0.6 is 11.6 Å². The van der Waals surface area contributed by atoms with E-state index in [1.54, 1.807) is 6.20 Å². The Bertz CT molecular complexity index is 289. The molecule has 13 heavy (non-hydrogen) atoms. The van der Waals surface area contributed by atoms with Crippen LogP contribution < -0.4 is 10.6 Å². The van der Waals surface area contributed by atoms with E-state index < -0.39 is 0 Å². The fourth-order valence-corrected chi connectivity index (χ4v) is 1.55. The molecular formula is C9H12ClN3. The number of nitrogens with zero attached hydrogens (tertiary/aromatic N) is 1. The van der Waals surface area contributed by atoms with Crippen LogP contribution in [0.5, 0.6) is 0 Å². The quantitative estimate of drug-likeness (QED) is 0.705. The highest BCUT2D eigenvalue weighted by Gasteiger charge is 2.18. The Labute approximate surface area is 82.5 Å². The third kappa shape index (κ3) is 1.76. The van der Waals surface area contributed by atoms with Crippen molar-refractivity contribution in [3.63, 3.8) is 0 Å². The molecule has 0 radical (unpaired) electrons. The van der Waals surface area contributed by atoms with Gasteiger partial charge in [0, 0.05) is 19.3 Å². The first-order valence-corrected chi connectivity index (χ1v) is 4.73. The molecule has 0 bridgehead atoms. The third-order valence-electron chi connectivity index (χ3n) is 2.24. The molecule has 3 nitrogen and oxygen atoms in total. The molecule has 0 amide bonds. The normalized spacial score (nSPS) is 16.8. The van der Waals surface area contributed by atoms with E-state index in [1.165, 1.54) is 0 Å². The maximum atomic E-state index is 5.96. The largest absolute Gasteiger partial charge is 0.377 e. The molecule has 0 aliphatic carbocycles. The molecule has 4 heteroatoms. The summed E-state index contributed by atoms with van der Waals surface area (Å²) < 4.78 is 0. The van der Waals surface area contributed by atoms with Gasteiger partial charge in [-0.2, -0.15) is 0 Å². The number of aryl methyl sites for hydroxylation is 1. The Morgan fingerprint density at radius 2 is 2.38 bits per heavy atom. The number of hydrogen-bond donors (Lipinski definition) is 2. The summed E-state index contributed by atoms with van der Waals surface area (Å²) in [7, 11) is 0. The van der Waals surface area contributed by atoms with Gasteiger partial charge < -0.3 is 10.6 Å². The molecule has 0 aromatic carbocycles. The number of aromatic nitrogens is 1. The highest BCUT2D eigenvalue weighted by molar-refractivity contribution is 6.32. The van der Waals surface area contributed by atoms with Crippen molar-refractivity contribution in [1.82, 2.24) is 10.3 Å². The Morgan fingerprint density at radius 1 is 1.62 bits per heavy atom. The third-order valence-corrected chi connectivity index (χ3v) is 2.53. The summed E-state index contributed by atoms with van der Waals surface area (Å²) in [6.45, 7) is 4.04. The summed E-state index contributed by atoms with van der Waals surface area (Å²) in [6, 6.07) is 2.46. The van der Waals surface area contributed by atoms with E-state index in [9.17, 15) is 0 Å². The Hall–Kier alpha value is -0.800. The van der Waals surface area contributed by atoms with Crippen LogP contribution in [0.2, 0.25) is 5.15 Å². The summed E-state index contributed by atoms with van der Waals surface area (Å²) in [5.41, 5.74) is 2.11. The summed E-state index contributed by atoms with van der Waals surface area (Å²) in [5.74, 6) is 0. The molecule has 0 saturated carbocycles. The first-order valence-electron chi connectivity index (χ1n) is 4.36. The minimum atomic E-state index is 0.500. The Kier molecular flexibility index (Phi) is 2.38. The smallest absolute Gasteiger partial charge is 0.152 e. The Morgan fingerprint density at radius 3 is 2.92 bits per heavy atom. The van der Waals surface area contributed by atoms with Crippen molar-refractivity contribution in [2.24, 2.45) is 0 Å². The van der Waals surface area contributed by atoms with Gasteiger partial charge in [-0.3, -0.25) is 0 Å². The van der Waals surface area contributed by atoms with Gasteiger partial charge in [-0.25, -0.2) is 4.98 Å². The first kappa shape index (κ1) is 8.78. The van der Waals surface area contributed by atoms with E-state index in [4.69, 9.17) is 11.6 Å². The molecule has 1 aromatic rings. The van der Waals surface area contributed by atoms with Crippen LogP contribution in [0.1, 0.15) is 5.56 Å². The van der Waals surface area contributed by atoms with Gasteiger partial charge in [-0.1, -0.05) is 11.6 Å². The maximum Gasteiger partial charge on any atom is 0.152 e. The fourth-order valence-electron chi connectivity index (χ4n) is 1.29. The first-order chi connectivity index (χ1) is 6.27. The molecule has 1 aliphatic rings. The number of halogens is 1. The zero-order chi connectivity index (χ0) is 9.26. The summed E-state index contributed by atoms with van der Waals surface area (Å²) in [4.78, 5) is 4.03. The lowest BCUT2D eigenvalue weighted by molar-refractivity contribution is 0.472. The molecule has 2 rings (SSSR count). The number of pyridine rings is 1. The molecule has 1 aliphatic heterocycles. The van der Waals surface area contributed by atoms with Gasteiger partial charge in [-0.05, 0) is 18.6 Å². The van der Waals surface area contributed by atoms with E-state index in [1.807, 2.05) is 13.0 Å². The van der Waals surface area contributed by atoms with Crippen molar-refractivity contribution >= 4 is 17.3 Å². The minimum absolute atomic E-state index is 0.500. The maximum absolute atomic E-state index is 5.96. The second-order valence-electron chi connectivity index (χ2n) is 3.29. The van der Waals surface area contributed by atoms with Crippen LogP contribution in [0.3, 0.4) is 0 Å². The van der Waals surface area contributed by atoms with Crippen molar-refractivity contribution in [2.45, 2.75) is 13.0 Å². The molecule has 70 valence electrons. The van der Waals surface area contributed by atoms with Gasteiger partial charge in [0.2, 0.25) is 0 Å². The lowest BCUT2D eigenvalue weighted by Crippen LogP contribution is -2.51. The predicted molar refractivity (Wildman–Crippen MR) is 54.3 cm³/mol. The van der Waals surface area contributed by atoms with Crippen LogP contribution in [-0.4, -0.2) is 24.1 Å². The SMILES string of the molecule is Cc1ccnc(Cl)c1NC1CNC1. The van der Waals surface area contributed by atoms with Gasteiger partial charge in [0.15, 0.2) is 5.15 Å². The average Bonchev–Trinajstić information content (AvgIpc) is 2.00. The van der Waals surface area contributed by atoms with Crippen LogP contribution in [0.4, 0.5) is 5.69 Å². The molecule has 1 fully saturated rings. The number of anilines is 1. The van der Waals surface area contributed by atoms with Crippen LogP contribution in [-0.2, 0) is 0 Å². The average molecular weight is 198 g/mol. The summed E-state index contributed by atoms with van der Waals surface area (Å²) in [5, 5.41) is 7.11. The molecule has 0 atom stereocenters. The zero-order valence-corrected chi connectivity index (χ0v) is 8.23. The monoisotopic (exact) mass is 197 g/mol. The lowest BCUT2D eigenvalue weighted by atomic mass is 10.1. The summed E-state index contributed by atoms with van der Waals surface area (Å²) >= 11 is 5.96. The van der Waals surface area contributed by atoms with E-state index in [0.717, 1.165) is 24.3 Å². The molecule has 2 N–H and O–H groups in total. The highest BCUT2D eigenvalue weighted by atomic mass is 35.5. The van der Waals surface area contributed by atoms with Gasteiger partial charge in [0.1, 0.15) is 0 Å². The predicted octanol–water partition coefficient (Wildman–Crippen LogP) is 1.43. The van der Waals surface area contributed by atoms with Crippen molar-refractivity contribution < 1.29 is 0 Å². The lowest BCUT2D eigenvalue weighted by Gasteiger charge is -2.29. The number of rotatable bonds is 2. The van der Waals surface area contributed by atoms with Crippen molar-refractivity contribution in [2.75, 3.05) is 18.4 Å². The molecule has 0 unspecified atom stereocenters. The Balaban J connectivity index is 2.17. The van der Waals surface area contributed by atoms with Gasteiger partial charge >= 0.3 is 0 Å². The van der Waals surface area contributed by atoms with Gasteiger partial charge in [0.25, 0.3) is 0 Å². The van der Waals surface area contributed by atoms with Crippen molar-refractivity contribution in [3.05, 3.63) is 23.0 Å². The van der Waals surface area contributed by atoms with E-state index in [-0.39, 0.29) is 0 Å².